The molecule has 40 heavy (non-hydrogen) atoms. The van der Waals surface area contributed by atoms with E-state index < -0.39 is 65.8 Å². The minimum Gasteiger partial charge on any atom is -0.480 e. The summed E-state index contributed by atoms with van der Waals surface area (Å²) in [5.41, 5.74) is 11.5. The number of amides is 5. The van der Waals surface area contributed by atoms with Crippen molar-refractivity contribution >= 4 is 73.4 Å². The number of nitrogens with zero attached hydrogens (tertiary/aromatic N) is 1. The molecule has 0 spiro atoms. The van der Waals surface area contributed by atoms with Crippen LogP contribution in [0.3, 0.4) is 0 Å². The average molecular weight is 624 g/mol. The van der Waals surface area contributed by atoms with E-state index in [9.17, 15) is 28.8 Å². The summed E-state index contributed by atoms with van der Waals surface area (Å²) in [6.45, 7) is 2.21. The minimum absolute atomic E-state index is 0.100. The van der Waals surface area contributed by atoms with E-state index in [0.29, 0.717) is 38.8 Å². The van der Waals surface area contributed by atoms with Crippen LogP contribution < -0.4 is 32.7 Å². The first-order chi connectivity index (χ1) is 18.9. The second-order valence-electron chi connectivity index (χ2n) is 9.38. The third-order valence-electron chi connectivity index (χ3n) is 6.31. The first kappa shape index (κ1) is 35.8. The van der Waals surface area contributed by atoms with Crippen LogP contribution in [0.4, 0.5) is 0 Å². The van der Waals surface area contributed by atoms with Crippen LogP contribution in [0.25, 0.3) is 0 Å². The monoisotopic (exact) mass is 623 g/mol. The SMILES string of the molecule is C[C@H](NC(=O)[C@H](CS)NC(=O)[C@H](CS)NC(=O)[C@@H]1CCCN1C(=O)[C@@H](N)CCCCN)C(=O)N[C@@H](CS)C(=O)O. The lowest BCUT2D eigenvalue weighted by Gasteiger charge is -2.28. The highest BCUT2D eigenvalue weighted by atomic mass is 32.1. The zero-order valence-corrected chi connectivity index (χ0v) is 25.1. The molecule has 1 rings (SSSR count). The van der Waals surface area contributed by atoms with Crippen LogP contribution >= 0.6 is 37.9 Å². The maximum Gasteiger partial charge on any atom is 0.327 e. The molecule has 6 atom stereocenters. The molecule has 0 unspecified atom stereocenters. The van der Waals surface area contributed by atoms with Gasteiger partial charge in [0.15, 0.2) is 0 Å². The maximum absolute atomic E-state index is 13.0. The summed E-state index contributed by atoms with van der Waals surface area (Å²) in [6, 6.07) is -6.22. The summed E-state index contributed by atoms with van der Waals surface area (Å²) in [6.07, 6.45) is 2.89. The fourth-order valence-corrected chi connectivity index (χ4v) is 4.70. The molecule has 1 aliphatic heterocycles. The summed E-state index contributed by atoms with van der Waals surface area (Å²) in [5, 5.41) is 18.7. The fraction of sp³-hybridized carbons (Fsp3) is 0.739. The van der Waals surface area contributed by atoms with E-state index in [1.165, 1.54) is 11.8 Å². The Kier molecular flexibility index (Phi) is 16.4. The van der Waals surface area contributed by atoms with Gasteiger partial charge in [0.2, 0.25) is 29.5 Å². The standard InChI is InChI=1S/C23H41N7O7S3/c1-12(18(31)29-16(11-40)23(36)37)26-19(32)14(9-38)27-20(33)15(10-39)28-21(34)17-6-4-8-30(17)22(35)13(25)5-2-3-7-24/h12-17,38-40H,2-11,24-25H2,1H3,(H,26,32)(H,27,33)(H,28,34)(H,29,31)(H,36,37)/t12-,13-,14-,15-,16-,17-/m0/s1. The quantitative estimate of drug-likeness (QED) is 0.0598. The molecule has 17 heteroatoms. The van der Waals surface area contributed by atoms with Gasteiger partial charge in [-0.15, -0.1) is 0 Å². The van der Waals surface area contributed by atoms with Crippen LogP contribution in [-0.2, 0) is 28.8 Å². The van der Waals surface area contributed by atoms with Gasteiger partial charge in [-0.2, -0.15) is 37.9 Å². The molecule has 0 aromatic rings. The van der Waals surface area contributed by atoms with Gasteiger partial charge in [-0.3, -0.25) is 24.0 Å². The van der Waals surface area contributed by atoms with Crippen molar-refractivity contribution in [2.75, 3.05) is 30.3 Å². The van der Waals surface area contributed by atoms with Crippen molar-refractivity contribution in [2.45, 2.75) is 75.3 Å². The molecule has 0 aromatic carbocycles. The first-order valence-electron chi connectivity index (χ1n) is 12.9. The number of carbonyl (C=O) groups excluding carboxylic acids is 5. The molecule has 5 amide bonds. The minimum atomic E-state index is -1.28. The van der Waals surface area contributed by atoms with Crippen LogP contribution in [-0.4, -0.2) is 112 Å². The van der Waals surface area contributed by atoms with E-state index in [2.05, 4.69) is 59.2 Å². The van der Waals surface area contributed by atoms with E-state index >= 15 is 0 Å². The summed E-state index contributed by atoms with van der Waals surface area (Å²) in [5.74, 6) is -4.76. The van der Waals surface area contributed by atoms with Crippen molar-refractivity contribution in [1.29, 1.82) is 0 Å². The molecule has 0 bridgehead atoms. The number of hydrogen-bond donors (Lipinski definition) is 10. The Morgan fingerprint density at radius 1 is 0.875 bits per heavy atom. The van der Waals surface area contributed by atoms with E-state index in [1.807, 2.05) is 0 Å². The Morgan fingerprint density at radius 3 is 1.98 bits per heavy atom. The predicted molar refractivity (Wildman–Crippen MR) is 158 cm³/mol. The maximum atomic E-state index is 13.0. The zero-order valence-electron chi connectivity index (χ0n) is 22.4. The van der Waals surface area contributed by atoms with E-state index in [1.54, 1.807) is 0 Å². The van der Waals surface area contributed by atoms with Crippen molar-refractivity contribution in [2.24, 2.45) is 11.5 Å². The van der Waals surface area contributed by atoms with Crippen molar-refractivity contribution in [3.63, 3.8) is 0 Å². The van der Waals surface area contributed by atoms with E-state index in [-0.39, 0.29) is 23.2 Å². The van der Waals surface area contributed by atoms with Crippen molar-refractivity contribution in [1.82, 2.24) is 26.2 Å². The lowest BCUT2D eigenvalue weighted by atomic mass is 10.1. The lowest BCUT2D eigenvalue weighted by molar-refractivity contribution is -0.141. The zero-order chi connectivity index (χ0) is 30.4. The smallest absolute Gasteiger partial charge is 0.327 e. The topological polar surface area (TPSA) is 226 Å². The normalized spacial score (nSPS) is 18.6. The predicted octanol–water partition coefficient (Wildman–Crippen LogP) is -2.73. The van der Waals surface area contributed by atoms with Gasteiger partial charge in [-0.25, -0.2) is 4.79 Å². The first-order valence-corrected chi connectivity index (χ1v) is 14.8. The molecule has 1 aliphatic rings. The molecule has 1 saturated heterocycles. The molecule has 1 fully saturated rings. The third-order valence-corrected chi connectivity index (χ3v) is 7.40. The van der Waals surface area contributed by atoms with Gasteiger partial charge in [-0.1, -0.05) is 6.42 Å². The number of hydrogen-bond acceptors (Lipinski definition) is 11. The van der Waals surface area contributed by atoms with Gasteiger partial charge in [0.05, 0.1) is 6.04 Å². The Hall–Kier alpha value is -2.21. The number of nitrogens with two attached hydrogens (primary N) is 2. The number of carbonyl (C=O) groups is 6. The van der Waals surface area contributed by atoms with Gasteiger partial charge >= 0.3 is 5.97 Å². The Morgan fingerprint density at radius 2 is 1.43 bits per heavy atom. The van der Waals surface area contributed by atoms with Gasteiger partial charge in [-0.05, 0) is 39.2 Å². The number of carboxylic acids is 1. The van der Waals surface area contributed by atoms with Crippen LogP contribution in [0, 0.1) is 0 Å². The van der Waals surface area contributed by atoms with Crippen molar-refractivity contribution < 1.29 is 33.9 Å². The lowest BCUT2D eigenvalue weighted by Crippen LogP contribution is -2.59. The number of carboxylic acid groups (broad SMARTS) is 1. The van der Waals surface area contributed by atoms with Crippen LogP contribution in [0.15, 0.2) is 0 Å². The Bertz CT molecular complexity index is 914. The van der Waals surface area contributed by atoms with Gasteiger partial charge in [0.25, 0.3) is 0 Å². The number of nitrogens with one attached hydrogen (secondary N) is 4. The second-order valence-corrected chi connectivity index (χ2v) is 10.5. The van der Waals surface area contributed by atoms with Crippen molar-refractivity contribution in [3.8, 4) is 0 Å². The summed E-state index contributed by atoms with van der Waals surface area (Å²) >= 11 is 12.1. The molecule has 9 N–H and O–H groups in total. The highest BCUT2D eigenvalue weighted by Gasteiger charge is 2.37. The molecule has 0 aliphatic carbocycles. The molecule has 0 aromatic heterocycles. The fourth-order valence-electron chi connectivity index (χ4n) is 3.94. The summed E-state index contributed by atoms with van der Waals surface area (Å²) in [4.78, 5) is 76.2. The van der Waals surface area contributed by atoms with Gasteiger partial charge < -0.3 is 42.7 Å². The summed E-state index contributed by atoms with van der Waals surface area (Å²) < 4.78 is 0. The van der Waals surface area contributed by atoms with Crippen LogP contribution in [0.2, 0.25) is 0 Å². The Labute approximate surface area is 250 Å². The second kappa shape index (κ2) is 18.3. The molecule has 0 saturated carbocycles. The highest BCUT2D eigenvalue weighted by molar-refractivity contribution is 7.80. The molecule has 1 heterocycles. The Balaban J connectivity index is 2.75. The molecular weight excluding hydrogens is 582 g/mol. The van der Waals surface area contributed by atoms with Gasteiger partial charge in [0.1, 0.15) is 30.2 Å². The third kappa shape index (κ3) is 11.0. The van der Waals surface area contributed by atoms with Crippen LogP contribution in [0.1, 0.15) is 39.0 Å². The van der Waals surface area contributed by atoms with Gasteiger partial charge in [0, 0.05) is 23.8 Å². The van der Waals surface area contributed by atoms with Crippen LogP contribution in [0.5, 0.6) is 0 Å². The molecule has 0 radical (unpaired) electrons. The number of rotatable bonds is 17. The van der Waals surface area contributed by atoms with E-state index in [4.69, 9.17) is 16.6 Å². The average Bonchev–Trinajstić information content (AvgIpc) is 3.42. The molecule has 228 valence electrons. The number of likely N-dealkylation sites (tertiary alicyclic amines) is 1. The largest absolute Gasteiger partial charge is 0.480 e. The van der Waals surface area contributed by atoms with E-state index in [0.717, 1.165) is 6.42 Å². The molecular formula is C23H41N7O7S3. The molecule has 14 nitrogen and oxygen atoms in total. The number of thiol groups is 3. The number of aliphatic carboxylic acids is 1. The van der Waals surface area contributed by atoms with Crippen molar-refractivity contribution in [3.05, 3.63) is 0 Å². The number of unbranched alkanes of at least 4 members (excludes halogenated alkanes) is 1. The summed E-state index contributed by atoms with van der Waals surface area (Å²) in [7, 11) is 0. The highest BCUT2D eigenvalue weighted by Crippen LogP contribution is 2.19.